The van der Waals surface area contributed by atoms with Gasteiger partial charge < -0.3 is 5.32 Å². The lowest BCUT2D eigenvalue weighted by atomic mass is 9.90. The molecule has 3 aromatic rings. The van der Waals surface area contributed by atoms with Crippen molar-refractivity contribution in [2.75, 3.05) is 6.54 Å². The van der Waals surface area contributed by atoms with E-state index in [-0.39, 0.29) is 27.6 Å². The highest BCUT2D eigenvalue weighted by Crippen LogP contribution is 2.34. The molecule has 0 bridgehead atoms. The van der Waals surface area contributed by atoms with Gasteiger partial charge in [0.25, 0.3) is 5.91 Å². The molecule has 6 nitrogen and oxygen atoms in total. The second-order valence-corrected chi connectivity index (χ2v) is 10.5. The minimum atomic E-state index is -0.322. The predicted molar refractivity (Wildman–Crippen MR) is 148 cm³/mol. The van der Waals surface area contributed by atoms with E-state index in [1.807, 2.05) is 18.5 Å². The number of rotatable bonds is 8. The Labute approximate surface area is 227 Å². The van der Waals surface area contributed by atoms with Crippen molar-refractivity contribution in [3.8, 4) is 0 Å². The quantitative estimate of drug-likeness (QED) is 0.366. The van der Waals surface area contributed by atoms with Crippen LogP contribution >= 0.6 is 23.2 Å². The van der Waals surface area contributed by atoms with Crippen molar-refractivity contribution in [3.05, 3.63) is 105 Å². The lowest BCUT2D eigenvalue weighted by Crippen LogP contribution is -2.35. The lowest BCUT2D eigenvalue weighted by Gasteiger charge is -2.35. The Balaban J connectivity index is 1.28. The van der Waals surface area contributed by atoms with Gasteiger partial charge in [0.05, 0.1) is 27.3 Å². The van der Waals surface area contributed by atoms with E-state index in [0.29, 0.717) is 6.54 Å². The fourth-order valence-electron chi connectivity index (χ4n) is 5.06. The fraction of sp³-hybridized carbons (Fsp3) is 0.310. The number of hydrogen-bond acceptors (Lipinski definition) is 5. The number of carbonyl (C=O) groups is 1. The molecule has 5 rings (SSSR count). The molecule has 0 spiro atoms. The van der Waals surface area contributed by atoms with Crippen molar-refractivity contribution in [1.82, 2.24) is 20.2 Å². The number of aliphatic imine (C=N–C) groups is 1. The monoisotopic (exact) mass is 533 g/mol. The molecule has 1 aliphatic heterocycles. The van der Waals surface area contributed by atoms with Gasteiger partial charge in [0.15, 0.2) is 0 Å². The molecule has 2 aromatic heterocycles. The third kappa shape index (κ3) is 6.09. The van der Waals surface area contributed by atoms with Crippen LogP contribution in [0.3, 0.4) is 0 Å². The number of nitrogens with zero attached hydrogens (tertiary/aromatic N) is 4. The summed E-state index contributed by atoms with van der Waals surface area (Å²) < 4.78 is 0. The highest BCUT2D eigenvalue weighted by Gasteiger charge is 2.28. The number of amides is 1. The van der Waals surface area contributed by atoms with Crippen LogP contribution in [-0.2, 0) is 19.5 Å². The van der Waals surface area contributed by atoms with E-state index >= 15 is 0 Å². The number of fused-ring (bicyclic) bond motifs is 1. The van der Waals surface area contributed by atoms with E-state index in [9.17, 15) is 4.79 Å². The van der Waals surface area contributed by atoms with Gasteiger partial charge in [-0.25, -0.2) is 0 Å². The number of nitrogens with one attached hydrogen (secondary N) is 1. The van der Waals surface area contributed by atoms with Gasteiger partial charge in [-0.2, -0.15) is 0 Å². The van der Waals surface area contributed by atoms with E-state index in [1.54, 1.807) is 0 Å². The van der Waals surface area contributed by atoms with Gasteiger partial charge >= 0.3 is 0 Å². The average molecular weight is 534 g/mol. The topological polar surface area (TPSA) is 70.5 Å². The average Bonchev–Trinajstić information content (AvgIpc) is 3.32. The van der Waals surface area contributed by atoms with Crippen LogP contribution in [0, 0.1) is 0 Å². The Morgan fingerprint density at radius 1 is 1.08 bits per heavy atom. The first kappa shape index (κ1) is 25.6. The highest BCUT2D eigenvalue weighted by molar-refractivity contribution is 6.39. The molecule has 2 aliphatic rings. The standard InChI is InChI=1S/C29H29Cl2N5O/c1-19-12-23(34-13-19)18-36(26-6-2-4-22-5-3-11-33-28(22)26)17-21-9-7-20(8-10-21)14-35-29(37)27-24(30)15-32-16-25(27)31/h3,5,7-11,13,15-16,26H,2,4,6,12,14,17-18H2,1H3,(H,35,37). The van der Waals surface area contributed by atoms with Crippen LogP contribution in [0.15, 0.2) is 71.8 Å². The molecule has 37 heavy (non-hydrogen) atoms. The Morgan fingerprint density at radius 3 is 2.57 bits per heavy atom. The summed E-state index contributed by atoms with van der Waals surface area (Å²) in [7, 11) is 0. The van der Waals surface area contributed by atoms with Gasteiger partial charge in [-0.15, -0.1) is 0 Å². The Bertz CT molecular complexity index is 1330. The van der Waals surface area contributed by atoms with Gasteiger partial charge in [0.2, 0.25) is 0 Å². The Morgan fingerprint density at radius 2 is 1.84 bits per heavy atom. The molecule has 0 saturated heterocycles. The van der Waals surface area contributed by atoms with Crippen molar-refractivity contribution in [3.63, 3.8) is 0 Å². The van der Waals surface area contributed by atoms with Crippen molar-refractivity contribution in [2.45, 2.75) is 51.7 Å². The van der Waals surface area contributed by atoms with Gasteiger partial charge in [-0.05, 0) is 54.5 Å². The highest BCUT2D eigenvalue weighted by atomic mass is 35.5. The zero-order valence-corrected chi connectivity index (χ0v) is 22.3. The Kier molecular flexibility index (Phi) is 7.99. The largest absolute Gasteiger partial charge is 0.348 e. The first-order chi connectivity index (χ1) is 18.0. The maximum absolute atomic E-state index is 12.6. The summed E-state index contributed by atoms with van der Waals surface area (Å²) >= 11 is 12.2. The van der Waals surface area contributed by atoms with Crippen LogP contribution in [0.1, 0.15) is 65.0 Å². The van der Waals surface area contributed by atoms with Gasteiger partial charge in [0, 0.05) is 56.6 Å². The lowest BCUT2D eigenvalue weighted by molar-refractivity contribution is 0.0951. The summed E-state index contributed by atoms with van der Waals surface area (Å²) in [6.45, 7) is 4.12. The SMILES string of the molecule is CC1=CN=C(CN(Cc2ccc(CNC(=O)c3c(Cl)cncc3Cl)cc2)C2CCCc3cccnc32)C1. The molecule has 1 aromatic carbocycles. The number of carbonyl (C=O) groups excluding carboxylic acids is 1. The minimum absolute atomic E-state index is 0.233. The summed E-state index contributed by atoms with van der Waals surface area (Å²) in [6.07, 6.45) is 11.0. The predicted octanol–water partition coefficient (Wildman–Crippen LogP) is 6.34. The zero-order chi connectivity index (χ0) is 25.8. The third-order valence-corrected chi connectivity index (χ3v) is 7.46. The normalized spacial score (nSPS) is 16.8. The van der Waals surface area contributed by atoms with E-state index in [2.05, 4.69) is 57.4 Å². The summed E-state index contributed by atoms with van der Waals surface area (Å²) in [5, 5.41) is 3.36. The molecular weight excluding hydrogens is 505 g/mol. The molecule has 0 radical (unpaired) electrons. The summed E-state index contributed by atoms with van der Waals surface area (Å²) in [4.78, 5) is 28.5. The minimum Gasteiger partial charge on any atom is -0.348 e. The smallest absolute Gasteiger partial charge is 0.254 e. The molecule has 1 unspecified atom stereocenters. The van der Waals surface area contributed by atoms with E-state index in [1.165, 1.54) is 40.5 Å². The second kappa shape index (κ2) is 11.5. The summed E-state index contributed by atoms with van der Waals surface area (Å²) in [5.41, 5.74) is 7.51. The molecule has 1 N–H and O–H groups in total. The number of benzene rings is 1. The molecule has 1 atom stereocenters. The second-order valence-electron chi connectivity index (χ2n) is 9.69. The third-order valence-electron chi connectivity index (χ3n) is 6.88. The fourth-order valence-corrected chi connectivity index (χ4v) is 5.59. The number of allylic oxidation sites excluding steroid dienone is 1. The van der Waals surface area contributed by atoms with Crippen LogP contribution in [0.2, 0.25) is 10.0 Å². The first-order valence-electron chi connectivity index (χ1n) is 12.5. The first-order valence-corrected chi connectivity index (χ1v) is 13.3. The zero-order valence-electron chi connectivity index (χ0n) is 20.8. The molecule has 1 amide bonds. The number of pyridine rings is 2. The van der Waals surface area contributed by atoms with Crippen LogP contribution in [0.25, 0.3) is 0 Å². The maximum atomic E-state index is 12.6. The summed E-state index contributed by atoms with van der Waals surface area (Å²) in [6, 6.07) is 12.9. The maximum Gasteiger partial charge on any atom is 0.254 e. The van der Waals surface area contributed by atoms with E-state index < -0.39 is 0 Å². The van der Waals surface area contributed by atoms with E-state index in [0.717, 1.165) is 44.3 Å². The Hall–Kier alpha value is -3.06. The van der Waals surface area contributed by atoms with Crippen molar-refractivity contribution in [2.24, 2.45) is 4.99 Å². The summed E-state index contributed by atoms with van der Waals surface area (Å²) in [5.74, 6) is -0.322. The molecule has 0 fully saturated rings. The molecule has 3 heterocycles. The van der Waals surface area contributed by atoms with Crippen LogP contribution in [-0.4, -0.2) is 33.0 Å². The van der Waals surface area contributed by atoms with Crippen molar-refractivity contribution >= 4 is 34.8 Å². The van der Waals surface area contributed by atoms with Crippen LogP contribution in [0.4, 0.5) is 0 Å². The van der Waals surface area contributed by atoms with Gasteiger partial charge in [-0.3, -0.25) is 24.7 Å². The van der Waals surface area contributed by atoms with Gasteiger partial charge in [0.1, 0.15) is 0 Å². The van der Waals surface area contributed by atoms with Crippen LogP contribution in [0.5, 0.6) is 0 Å². The molecule has 0 saturated carbocycles. The molecule has 1 aliphatic carbocycles. The number of halogens is 2. The van der Waals surface area contributed by atoms with Gasteiger partial charge in [-0.1, -0.05) is 53.5 Å². The van der Waals surface area contributed by atoms with Crippen molar-refractivity contribution < 1.29 is 4.79 Å². The number of aryl methyl sites for hydroxylation is 1. The van der Waals surface area contributed by atoms with Crippen LogP contribution < -0.4 is 5.32 Å². The molecule has 8 heteroatoms. The number of aromatic nitrogens is 2. The number of hydrogen-bond donors (Lipinski definition) is 1. The van der Waals surface area contributed by atoms with E-state index in [4.69, 9.17) is 28.2 Å². The van der Waals surface area contributed by atoms with Crippen molar-refractivity contribution in [1.29, 1.82) is 0 Å². The molecule has 190 valence electrons. The molecular formula is C29H29Cl2N5O.